The van der Waals surface area contributed by atoms with E-state index in [0.29, 0.717) is 21.9 Å². The highest BCUT2D eigenvalue weighted by Crippen LogP contribution is 2.24. The molecule has 0 aliphatic carbocycles. The summed E-state index contributed by atoms with van der Waals surface area (Å²) in [5.74, 6) is -0.237. The lowest BCUT2D eigenvalue weighted by Gasteiger charge is -2.08. The van der Waals surface area contributed by atoms with Crippen LogP contribution < -0.4 is 10.9 Å². The monoisotopic (exact) mass is 408 g/mol. The van der Waals surface area contributed by atoms with Crippen LogP contribution in [0.1, 0.15) is 12.0 Å². The minimum atomic E-state index is -0.379. The SMILES string of the molecule is Cc1ccc(NC(=O)CCn2cnc3c(-c4ccccc4)noc3c2=O)cc1Cl. The number of rotatable bonds is 5. The molecule has 7 nitrogen and oxygen atoms in total. The van der Waals surface area contributed by atoms with Gasteiger partial charge in [0.25, 0.3) is 11.1 Å². The van der Waals surface area contributed by atoms with Crippen molar-refractivity contribution in [2.24, 2.45) is 0 Å². The van der Waals surface area contributed by atoms with Crippen molar-refractivity contribution < 1.29 is 9.32 Å². The van der Waals surface area contributed by atoms with E-state index in [0.717, 1.165) is 11.1 Å². The Morgan fingerprint density at radius 3 is 2.76 bits per heavy atom. The highest BCUT2D eigenvalue weighted by Gasteiger charge is 2.16. The Hall–Kier alpha value is -3.45. The second-order valence-corrected chi connectivity index (χ2v) is 6.99. The van der Waals surface area contributed by atoms with E-state index >= 15 is 0 Å². The van der Waals surface area contributed by atoms with Crippen molar-refractivity contribution in [3.05, 3.63) is 75.8 Å². The number of nitrogens with one attached hydrogen (secondary N) is 1. The van der Waals surface area contributed by atoms with E-state index in [1.807, 2.05) is 43.3 Å². The van der Waals surface area contributed by atoms with Crippen LogP contribution >= 0.6 is 11.6 Å². The lowest BCUT2D eigenvalue weighted by Crippen LogP contribution is -2.23. The summed E-state index contributed by atoms with van der Waals surface area (Å²) in [6, 6.07) is 14.7. The number of amides is 1. The maximum Gasteiger partial charge on any atom is 0.299 e. The van der Waals surface area contributed by atoms with Crippen molar-refractivity contribution in [1.29, 1.82) is 0 Å². The number of hydrogen-bond donors (Lipinski definition) is 1. The zero-order chi connectivity index (χ0) is 20.4. The molecule has 2 heterocycles. The third-order valence-electron chi connectivity index (χ3n) is 4.53. The Balaban J connectivity index is 1.50. The number of hydrogen-bond acceptors (Lipinski definition) is 5. The molecule has 8 heteroatoms. The zero-order valence-corrected chi connectivity index (χ0v) is 16.3. The average molecular weight is 409 g/mol. The minimum Gasteiger partial charge on any atom is -0.348 e. The molecule has 0 unspecified atom stereocenters. The minimum absolute atomic E-state index is 0.0667. The van der Waals surface area contributed by atoms with Crippen LogP contribution in [0.3, 0.4) is 0 Å². The first-order valence-corrected chi connectivity index (χ1v) is 9.37. The van der Waals surface area contributed by atoms with Gasteiger partial charge in [-0.05, 0) is 24.6 Å². The molecule has 0 atom stereocenters. The van der Waals surface area contributed by atoms with Gasteiger partial charge in [-0.25, -0.2) is 4.98 Å². The number of benzene rings is 2. The zero-order valence-electron chi connectivity index (χ0n) is 15.6. The van der Waals surface area contributed by atoms with Gasteiger partial charge in [0.2, 0.25) is 5.91 Å². The highest BCUT2D eigenvalue weighted by molar-refractivity contribution is 6.31. The molecule has 2 aromatic carbocycles. The van der Waals surface area contributed by atoms with Crippen molar-refractivity contribution in [2.45, 2.75) is 19.9 Å². The van der Waals surface area contributed by atoms with Gasteiger partial charge in [-0.1, -0.05) is 53.2 Å². The Bertz CT molecular complexity index is 1250. The molecule has 0 saturated heterocycles. The van der Waals surface area contributed by atoms with Gasteiger partial charge in [0.15, 0.2) is 0 Å². The lowest BCUT2D eigenvalue weighted by molar-refractivity contribution is -0.116. The second-order valence-electron chi connectivity index (χ2n) is 6.58. The standard InChI is InChI=1S/C21H17ClN4O3/c1-13-7-8-15(11-16(13)22)24-17(27)9-10-26-12-23-19-18(14-5-3-2-4-6-14)25-29-20(19)21(26)28/h2-8,11-12H,9-10H2,1H3,(H,24,27). The van der Waals surface area contributed by atoms with Gasteiger partial charge in [0, 0.05) is 29.2 Å². The van der Waals surface area contributed by atoms with Crippen LogP contribution in [0, 0.1) is 6.92 Å². The Labute approximate surface area is 170 Å². The van der Waals surface area contributed by atoms with Crippen molar-refractivity contribution >= 4 is 34.3 Å². The topological polar surface area (TPSA) is 90.0 Å². The fraction of sp³-hybridized carbons (Fsp3) is 0.143. The Morgan fingerprint density at radius 2 is 2.00 bits per heavy atom. The predicted molar refractivity (Wildman–Crippen MR) is 111 cm³/mol. The van der Waals surface area contributed by atoms with Gasteiger partial charge in [0.1, 0.15) is 11.2 Å². The van der Waals surface area contributed by atoms with Crippen LogP contribution in [-0.4, -0.2) is 20.6 Å². The first kappa shape index (κ1) is 18.9. The summed E-state index contributed by atoms with van der Waals surface area (Å²) in [5, 5.41) is 7.34. The summed E-state index contributed by atoms with van der Waals surface area (Å²) < 4.78 is 6.58. The number of anilines is 1. The summed E-state index contributed by atoms with van der Waals surface area (Å²) in [6.07, 6.45) is 1.50. The van der Waals surface area contributed by atoms with Crippen molar-refractivity contribution in [1.82, 2.24) is 14.7 Å². The summed E-state index contributed by atoms with van der Waals surface area (Å²) in [7, 11) is 0. The smallest absolute Gasteiger partial charge is 0.299 e. The number of nitrogens with zero attached hydrogens (tertiary/aromatic N) is 3. The van der Waals surface area contributed by atoms with Gasteiger partial charge in [-0.3, -0.25) is 14.2 Å². The maximum absolute atomic E-state index is 12.7. The molecule has 0 spiro atoms. The lowest BCUT2D eigenvalue weighted by atomic mass is 10.1. The number of carbonyl (C=O) groups excluding carboxylic acids is 1. The van der Waals surface area contributed by atoms with Gasteiger partial charge >= 0.3 is 0 Å². The van der Waals surface area contributed by atoms with Crippen molar-refractivity contribution in [3.8, 4) is 11.3 Å². The molecule has 4 rings (SSSR count). The van der Waals surface area contributed by atoms with Gasteiger partial charge in [0.05, 0.1) is 6.33 Å². The van der Waals surface area contributed by atoms with E-state index in [1.165, 1.54) is 10.9 Å². The number of fused-ring (bicyclic) bond motifs is 1. The third kappa shape index (κ3) is 3.90. The van der Waals surface area contributed by atoms with Crippen LogP contribution in [-0.2, 0) is 11.3 Å². The van der Waals surface area contributed by atoms with E-state index in [1.54, 1.807) is 12.1 Å². The fourth-order valence-electron chi connectivity index (χ4n) is 2.92. The predicted octanol–water partition coefficient (Wildman–Crippen LogP) is 4.04. The average Bonchev–Trinajstić information content (AvgIpc) is 3.16. The first-order chi connectivity index (χ1) is 14.0. The molecule has 0 bridgehead atoms. The molecule has 2 aromatic heterocycles. The van der Waals surface area contributed by atoms with Gasteiger partial charge in [-0.15, -0.1) is 0 Å². The molecule has 0 radical (unpaired) electrons. The quantitative estimate of drug-likeness (QED) is 0.538. The van der Waals surface area contributed by atoms with Crippen LogP contribution in [0.25, 0.3) is 22.4 Å². The molecule has 1 amide bonds. The molecular formula is C21H17ClN4O3. The molecule has 0 aliphatic heterocycles. The molecule has 146 valence electrons. The molecule has 0 aliphatic rings. The van der Waals surface area contributed by atoms with E-state index in [2.05, 4.69) is 15.5 Å². The van der Waals surface area contributed by atoms with Crippen LogP contribution in [0.5, 0.6) is 0 Å². The maximum atomic E-state index is 12.7. The Kier molecular flexibility index (Phi) is 5.14. The number of aromatic nitrogens is 3. The van der Waals surface area contributed by atoms with Gasteiger partial charge < -0.3 is 9.84 Å². The van der Waals surface area contributed by atoms with Crippen LogP contribution in [0.15, 0.2) is 64.2 Å². The van der Waals surface area contributed by atoms with E-state index in [-0.39, 0.29) is 30.0 Å². The Morgan fingerprint density at radius 1 is 1.21 bits per heavy atom. The number of carbonyl (C=O) groups is 1. The van der Waals surface area contributed by atoms with E-state index < -0.39 is 0 Å². The van der Waals surface area contributed by atoms with Crippen molar-refractivity contribution in [3.63, 3.8) is 0 Å². The largest absolute Gasteiger partial charge is 0.348 e. The summed E-state index contributed by atoms with van der Waals surface area (Å²) in [5.41, 5.74) is 2.95. The number of halogens is 1. The molecule has 1 N–H and O–H groups in total. The van der Waals surface area contributed by atoms with E-state index in [9.17, 15) is 9.59 Å². The molecule has 4 aromatic rings. The van der Waals surface area contributed by atoms with Crippen molar-refractivity contribution in [2.75, 3.05) is 5.32 Å². The molecular weight excluding hydrogens is 392 g/mol. The summed E-state index contributed by atoms with van der Waals surface area (Å²) in [6.45, 7) is 2.05. The summed E-state index contributed by atoms with van der Waals surface area (Å²) in [4.78, 5) is 29.2. The molecule has 0 fully saturated rings. The molecule has 0 saturated carbocycles. The van der Waals surface area contributed by atoms with Crippen LogP contribution in [0.2, 0.25) is 5.02 Å². The normalized spacial score (nSPS) is 11.0. The highest BCUT2D eigenvalue weighted by atomic mass is 35.5. The number of aryl methyl sites for hydroxylation is 2. The van der Waals surface area contributed by atoms with E-state index in [4.69, 9.17) is 16.1 Å². The summed E-state index contributed by atoms with van der Waals surface area (Å²) >= 11 is 6.07. The van der Waals surface area contributed by atoms with Gasteiger partial charge in [-0.2, -0.15) is 0 Å². The third-order valence-corrected chi connectivity index (χ3v) is 4.94. The molecule has 29 heavy (non-hydrogen) atoms. The van der Waals surface area contributed by atoms with Crippen LogP contribution in [0.4, 0.5) is 5.69 Å². The fourth-order valence-corrected chi connectivity index (χ4v) is 3.10. The second kappa shape index (κ2) is 7.89. The first-order valence-electron chi connectivity index (χ1n) is 8.99.